The van der Waals surface area contributed by atoms with E-state index in [9.17, 15) is 19.3 Å². The van der Waals surface area contributed by atoms with Gasteiger partial charge < -0.3 is 15.2 Å². The van der Waals surface area contributed by atoms with Gasteiger partial charge in [-0.05, 0) is 19.3 Å². The smallest absolute Gasteiger partial charge is 0.338 e. The van der Waals surface area contributed by atoms with E-state index in [2.05, 4.69) is 5.32 Å². The molecule has 0 amide bonds. The molecular weight excluding hydrogens is 283 g/mol. The van der Waals surface area contributed by atoms with E-state index in [0.29, 0.717) is 0 Å². The number of benzene rings is 1. The number of hydrogen-bond donors (Lipinski definition) is 2. The highest BCUT2D eigenvalue weighted by atomic mass is 19.1. The zero-order chi connectivity index (χ0) is 15.6. The van der Waals surface area contributed by atoms with Crippen LogP contribution in [0.5, 0.6) is 0 Å². The summed E-state index contributed by atoms with van der Waals surface area (Å²) in [5, 5.41) is 22.8. The van der Waals surface area contributed by atoms with Gasteiger partial charge in [-0.3, -0.25) is 10.1 Å². The number of carbonyl (C=O) groups is 1. The highest BCUT2D eigenvalue weighted by Gasteiger charge is 2.30. The molecule has 1 aliphatic carbocycles. The molecule has 114 valence electrons. The Morgan fingerprint density at radius 3 is 2.81 bits per heavy atom. The molecule has 0 saturated heterocycles. The molecule has 2 unspecified atom stereocenters. The summed E-state index contributed by atoms with van der Waals surface area (Å²) in [4.78, 5) is 21.2. The SMILES string of the molecule is COC1CCCC1Nc1cc(F)c(C(=O)O)cc1[N+](=O)[O-]. The standard InChI is InChI=1S/C13H15FN2O5/c1-21-12-4-2-3-9(12)15-10-6-8(14)7(13(17)18)5-11(10)16(19)20/h5-6,9,12,15H,2-4H2,1H3,(H,17,18). The van der Waals surface area contributed by atoms with Gasteiger partial charge in [0.2, 0.25) is 0 Å². The van der Waals surface area contributed by atoms with Crippen molar-refractivity contribution in [2.45, 2.75) is 31.4 Å². The molecule has 2 rings (SSSR count). The molecule has 1 fully saturated rings. The van der Waals surface area contributed by atoms with Crippen LogP contribution in [0.4, 0.5) is 15.8 Å². The van der Waals surface area contributed by atoms with Gasteiger partial charge >= 0.3 is 5.97 Å². The quantitative estimate of drug-likeness (QED) is 0.639. The maximum atomic E-state index is 13.7. The molecule has 1 saturated carbocycles. The molecule has 8 heteroatoms. The number of nitro benzene ring substituents is 1. The molecule has 0 heterocycles. The van der Waals surface area contributed by atoms with Crippen LogP contribution in [0.1, 0.15) is 29.6 Å². The van der Waals surface area contributed by atoms with Crippen LogP contribution in [0.2, 0.25) is 0 Å². The second-order valence-corrected chi connectivity index (χ2v) is 4.87. The minimum absolute atomic E-state index is 0.0311. The number of nitrogens with zero attached hydrogens (tertiary/aromatic N) is 1. The van der Waals surface area contributed by atoms with Crippen molar-refractivity contribution in [2.24, 2.45) is 0 Å². The summed E-state index contributed by atoms with van der Waals surface area (Å²) in [5.41, 5.74) is -1.21. The zero-order valence-corrected chi connectivity index (χ0v) is 11.3. The maximum absolute atomic E-state index is 13.7. The van der Waals surface area contributed by atoms with Gasteiger partial charge in [-0.15, -0.1) is 0 Å². The van der Waals surface area contributed by atoms with E-state index in [1.54, 1.807) is 7.11 Å². The van der Waals surface area contributed by atoms with Crippen LogP contribution >= 0.6 is 0 Å². The molecule has 1 aliphatic rings. The predicted molar refractivity (Wildman–Crippen MR) is 72.1 cm³/mol. The van der Waals surface area contributed by atoms with E-state index in [4.69, 9.17) is 9.84 Å². The van der Waals surface area contributed by atoms with E-state index in [1.165, 1.54) is 0 Å². The number of hydrogen-bond acceptors (Lipinski definition) is 5. The lowest BCUT2D eigenvalue weighted by molar-refractivity contribution is -0.384. The molecule has 0 spiro atoms. The number of anilines is 1. The number of ether oxygens (including phenoxy) is 1. The molecule has 1 aromatic carbocycles. The van der Waals surface area contributed by atoms with Crippen LogP contribution < -0.4 is 5.32 Å². The molecule has 0 radical (unpaired) electrons. The van der Waals surface area contributed by atoms with E-state index in [0.717, 1.165) is 31.4 Å². The Morgan fingerprint density at radius 1 is 1.52 bits per heavy atom. The first kappa shape index (κ1) is 15.2. The third kappa shape index (κ3) is 3.10. The first-order valence-electron chi connectivity index (χ1n) is 6.44. The second-order valence-electron chi connectivity index (χ2n) is 4.87. The second kappa shape index (κ2) is 6.04. The molecular formula is C13H15FN2O5. The van der Waals surface area contributed by atoms with Crippen molar-refractivity contribution >= 4 is 17.3 Å². The fourth-order valence-electron chi connectivity index (χ4n) is 2.57. The maximum Gasteiger partial charge on any atom is 0.338 e. The Kier molecular flexibility index (Phi) is 4.37. The number of halogens is 1. The van der Waals surface area contributed by atoms with Crippen LogP contribution in [0.25, 0.3) is 0 Å². The first-order chi connectivity index (χ1) is 9.93. The summed E-state index contributed by atoms with van der Waals surface area (Å²) in [5.74, 6) is -2.56. The number of nitro groups is 1. The normalized spacial score (nSPS) is 21.2. The highest BCUT2D eigenvalue weighted by Crippen LogP contribution is 2.32. The van der Waals surface area contributed by atoms with Gasteiger partial charge in [-0.1, -0.05) is 0 Å². The van der Waals surface area contributed by atoms with Crippen molar-refractivity contribution in [1.29, 1.82) is 0 Å². The van der Waals surface area contributed by atoms with Crippen molar-refractivity contribution in [3.8, 4) is 0 Å². The van der Waals surface area contributed by atoms with Crippen molar-refractivity contribution in [3.05, 3.63) is 33.6 Å². The minimum atomic E-state index is -1.54. The number of methoxy groups -OCH3 is 1. The van der Waals surface area contributed by atoms with E-state index in [1.807, 2.05) is 0 Å². The molecule has 1 aromatic rings. The molecule has 0 bridgehead atoms. The summed E-state index contributed by atoms with van der Waals surface area (Å²) in [7, 11) is 1.55. The van der Waals surface area contributed by atoms with Crippen molar-refractivity contribution in [1.82, 2.24) is 0 Å². The minimum Gasteiger partial charge on any atom is -0.478 e. The van der Waals surface area contributed by atoms with E-state index < -0.39 is 28.0 Å². The third-order valence-electron chi connectivity index (χ3n) is 3.61. The topological polar surface area (TPSA) is 102 Å². The van der Waals surface area contributed by atoms with Crippen LogP contribution in [-0.4, -0.2) is 35.3 Å². The highest BCUT2D eigenvalue weighted by molar-refractivity contribution is 5.90. The fraction of sp³-hybridized carbons (Fsp3) is 0.462. The number of carboxylic acid groups (broad SMARTS) is 1. The van der Waals surface area contributed by atoms with Crippen molar-refractivity contribution in [3.63, 3.8) is 0 Å². The summed E-state index contributed by atoms with van der Waals surface area (Å²) < 4.78 is 19.0. The van der Waals surface area contributed by atoms with Crippen LogP contribution in [0.3, 0.4) is 0 Å². The van der Waals surface area contributed by atoms with Gasteiger partial charge in [0.25, 0.3) is 5.69 Å². The van der Waals surface area contributed by atoms with Gasteiger partial charge in [0.15, 0.2) is 0 Å². The van der Waals surface area contributed by atoms with Crippen LogP contribution in [-0.2, 0) is 4.74 Å². The summed E-state index contributed by atoms with van der Waals surface area (Å²) in [6, 6.07) is 1.42. The van der Waals surface area contributed by atoms with Crippen molar-refractivity contribution in [2.75, 3.05) is 12.4 Å². The summed E-state index contributed by atoms with van der Waals surface area (Å²) >= 11 is 0. The Hall–Kier alpha value is -2.22. The number of rotatable bonds is 5. The molecule has 21 heavy (non-hydrogen) atoms. The summed E-state index contributed by atoms with van der Waals surface area (Å²) in [6.45, 7) is 0. The Labute approximate surface area is 119 Å². The lowest BCUT2D eigenvalue weighted by atomic mass is 10.1. The van der Waals surface area contributed by atoms with Crippen molar-refractivity contribution < 1.29 is 24.0 Å². The van der Waals surface area contributed by atoms with E-state index >= 15 is 0 Å². The Bertz CT molecular complexity index is 578. The van der Waals surface area contributed by atoms with E-state index in [-0.39, 0.29) is 17.8 Å². The molecule has 0 aliphatic heterocycles. The molecule has 2 atom stereocenters. The Morgan fingerprint density at radius 2 is 2.24 bits per heavy atom. The van der Waals surface area contributed by atoms with Gasteiger partial charge in [-0.2, -0.15) is 0 Å². The number of nitrogens with one attached hydrogen (secondary N) is 1. The fourth-order valence-corrected chi connectivity index (χ4v) is 2.57. The zero-order valence-electron chi connectivity index (χ0n) is 11.3. The van der Waals surface area contributed by atoms with Gasteiger partial charge in [0, 0.05) is 19.2 Å². The lowest BCUT2D eigenvalue weighted by Gasteiger charge is -2.20. The number of aromatic carboxylic acids is 1. The summed E-state index contributed by atoms with van der Waals surface area (Å²) in [6.07, 6.45) is 2.36. The van der Waals surface area contributed by atoms with Gasteiger partial charge in [0.1, 0.15) is 17.1 Å². The largest absolute Gasteiger partial charge is 0.478 e. The van der Waals surface area contributed by atoms with Gasteiger partial charge in [0.05, 0.1) is 17.1 Å². The lowest BCUT2D eigenvalue weighted by Crippen LogP contribution is -2.30. The van der Waals surface area contributed by atoms with Crippen LogP contribution in [0, 0.1) is 15.9 Å². The molecule has 2 N–H and O–H groups in total. The first-order valence-corrected chi connectivity index (χ1v) is 6.44. The monoisotopic (exact) mass is 298 g/mol. The number of carboxylic acids is 1. The van der Waals surface area contributed by atoms with Gasteiger partial charge in [-0.25, -0.2) is 9.18 Å². The molecule has 0 aromatic heterocycles. The predicted octanol–water partition coefficient (Wildman–Crippen LogP) is 2.41. The average Bonchev–Trinajstić information content (AvgIpc) is 2.85. The average molecular weight is 298 g/mol. The molecule has 7 nitrogen and oxygen atoms in total. The third-order valence-corrected chi connectivity index (χ3v) is 3.61. The Balaban J connectivity index is 2.36. The van der Waals surface area contributed by atoms with Crippen LogP contribution in [0.15, 0.2) is 12.1 Å².